The first kappa shape index (κ1) is 20.4. The van der Waals surface area contributed by atoms with Crippen LogP contribution in [-0.4, -0.2) is 49.6 Å². The summed E-state index contributed by atoms with van der Waals surface area (Å²) < 4.78 is 15.2. The van der Waals surface area contributed by atoms with Crippen LogP contribution in [-0.2, 0) is 24.3 Å². The van der Waals surface area contributed by atoms with Crippen molar-refractivity contribution in [1.82, 2.24) is 30.0 Å². The van der Waals surface area contributed by atoms with E-state index in [-0.39, 0.29) is 23.9 Å². The number of nitrogens with one attached hydrogen (secondary N) is 1. The van der Waals surface area contributed by atoms with Gasteiger partial charge in [0.15, 0.2) is 5.82 Å². The zero-order chi connectivity index (χ0) is 21.6. The second kappa shape index (κ2) is 9.29. The van der Waals surface area contributed by atoms with E-state index in [1.165, 1.54) is 24.3 Å². The lowest BCUT2D eigenvalue weighted by atomic mass is 10.2. The van der Waals surface area contributed by atoms with Gasteiger partial charge in [0.1, 0.15) is 11.6 Å². The van der Waals surface area contributed by atoms with Crippen LogP contribution >= 0.6 is 0 Å². The number of carbonyl (C=O) groups excluding carboxylic acids is 2. The van der Waals surface area contributed by atoms with Gasteiger partial charge in [-0.3, -0.25) is 14.6 Å². The van der Waals surface area contributed by atoms with Gasteiger partial charge in [-0.1, -0.05) is 12.1 Å². The first-order valence-corrected chi connectivity index (χ1v) is 9.93. The average Bonchev–Trinajstić information content (AvgIpc) is 3.05. The van der Waals surface area contributed by atoms with Crippen molar-refractivity contribution < 1.29 is 14.0 Å². The number of pyridine rings is 1. The Morgan fingerprint density at radius 3 is 2.81 bits per heavy atom. The van der Waals surface area contributed by atoms with E-state index >= 15 is 0 Å². The molecule has 158 valence electrons. The first-order valence-electron chi connectivity index (χ1n) is 9.93. The molecular formula is C22H21FN6O2. The van der Waals surface area contributed by atoms with Crippen LogP contribution in [0.15, 0.2) is 54.7 Å². The molecule has 0 bridgehead atoms. The number of carbonyl (C=O) groups is 2. The molecule has 0 saturated carbocycles. The molecule has 2 amide bonds. The molecule has 9 heteroatoms. The molecule has 0 saturated heterocycles. The molecule has 1 aromatic carbocycles. The fourth-order valence-corrected chi connectivity index (χ4v) is 3.36. The Hall–Kier alpha value is -3.88. The van der Waals surface area contributed by atoms with E-state index in [9.17, 15) is 14.0 Å². The monoisotopic (exact) mass is 420 g/mol. The molecule has 31 heavy (non-hydrogen) atoms. The molecule has 1 N–H and O–H groups in total. The summed E-state index contributed by atoms with van der Waals surface area (Å²) in [6.07, 6.45) is 5.46. The van der Waals surface area contributed by atoms with Crippen molar-refractivity contribution in [2.45, 2.75) is 19.5 Å². The summed E-state index contributed by atoms with van der Waals surface area (Å²) >= 11 is 0. The van der Waals surface area contributed by atoms with E-state index in [1.54, 1.807) is 23.2 Å². The standard InChI is InChI=1S/C22H21FN6O2/c23-17-5-3-4-16(14-17)22(31)25-15-20-27-26-19-9-11-28(12-13-29(19)20)21(30)8-7-18-6-1-2-10-24-18/h1-8,10,14H,9,11-13,15H2,(H,25,31)/b8-7+. The molecule has 3 aromatic rings. The van der Waals surface area contributed by atoms with E-state index in [2.05, 4.69) is 20.5 Å². The molecule has 3 heterocycles. The van der Waals surface area contributed by atoms with Gasteiger partial charge >= 0.3 is 0 Å². The van der Waals surface area contributed by atoms with Crippen molar-refractivity contribution in [2.75, 3.05) is 13.1 Å². The van der Waals surface area contributed by atoms with Gasteiger partial charge in [0, 0.05) is 43.9 Å². The predicted molar refractivity (Wildman–Crippen MR) is 111 cm³/mol. The molecule has 0 spiro atoms. The minimum absolute atomic E-state index is 0.0923. The summed E-state index contributed by atoms with van der Waals surface area (Å²) in [6, 6.07) is 11.0. The summed E-state index contributed by atoms with van der Waals surface area (Å²) in [4.78, 5) is 30.7. The minimum atomic E-state index is -0.467. The van der Waals surface area contributed by atoms with Crippen LogP contribution < -0.4 is 5.32 Å². The molecule has 0 atom stereocenters. The zero-order valence-corrected chi connectivity index (χ0v) is 16.7. The van der Waals surface area contributed by atoms with Gasteiger partial charge < -0.3 is 14.8 Å². The highest BCUT2D eigenvalue weighted by atomic mass is 19.1. The van der Waals surface area contributed by atoms with Crippen LogP contribution in [0.1, 0.15) is 27.7 Å². The van der Waals surface area contributed by atoms with Crippen LogP contribution in [0.4, 0.5) is 4.39 Å². The van der Waals surface area contributed by atoms with Crippen molar-refractivity contribution in [2.24, 2.45) is 0 Å². The number of benzene rings is 1. The number of aromatic nitrogens is 4. The van der Waals surface area contributed by atoms with E-state index in [0.717, 1.165) is 11.5 Å². The summed E-state index contributed by atoms with van der Waals surface area (Å²) in [5, 5.41) is 11.1. The zero-order valence-electron chi connectivity index (χ0n) is 16.7. The first-order chi connectivity index (χ1) is 15.1. The Kier molecular flexibility index (Phi) is 6.11. The van der Waals surface area contributed by atoms with E-state index in [0.29, 0.717) is 31.9 Å². The predicted octanol–water partition coefficient (Wildman–Crippen LogP) is 1.84. The van der Waals surface area contributed by atoms with Crippen molar-refractivity contribution in [3.63, 3.8) is 0 Å². The fraction of sp³-hybridized carbons (Fsp3) is 0.227. The van der Waals surface area contributed by atoms with E-state index in [4.69, 9.17) is 0 Å². The van der Waals surface area contributed by atoms with Gasteiger partial charge in [-0.2, -0.15) is 0 Å². The highest BCUT2D eigenvalue weighted by Crippen LogP contribution is 2.11. The molecule has 4 rings (SSSR count). The second-order valence-corrected chi connectivity index (χ2v) is 7.04. The minimum Gasteiger partial charge on any atom is -0.345 e. The lowest BCUT2D eigenvalue weighted by Crippen LogP contribution is -2.32. The number of amides is 2. The normalized spacial score (nSPS) is 13.6. The Labute approximate surface area is 178 Å². The van der Waals surface area contributed by atoms with Crippen LogP contribution in [0.3, 0.4) is 0 Å². The Morgan fingerprint density at radius 1 is 1.10 bits per heavy atom. The highest BCUT2D eigenvalue weighted by Gasteiger charge is 2.21. The largest absolute Gasteiger partial charge is 0.345 e. The molecule has 0 unspecified atom stereocenters. The molecule has 1 aliphatic rings. The van der Waals surface area contributed by atoms with E-state index in [1.807, 2.05) is 22.8 Å². The molecular weight excluding hydrogens is 399 g/mol. The molecule has 1 aliphatic heterocycles. The van der Waals surface area contributed by atoms with E-state index < -0.39 is 5.82 Å². The van der Waals surface area contributed by atoms with Gasteiger partial charge in [-0.15, -0.1) is 10.2 Å². The van der Waals surface area contributed by atoms with Gasteiger partial charge in [0.2, 0.25) is 5.91 Å². The number of halogens is 1. The molecule has 8 nitrogen and oxygen atoms in total. The average molecular weight is 420 g/mol. The van der Waals surface area contributed by atoms with Crippen molar-refractivity contribution >= 4 is 17.9 Å². The third-order valence-electron chi connectivity index (χ3n) is 4.99. The summed E-state index contributed by atoms with van der Waals surface area (Å²) in [5.74, 6) is 0.412. The molecule has 0 aliphatic carbocycles. The Bertz CT molecular complexity index is 1110. The lowest BCUT2D eigenvalue weighted by molar-refractivity contribution is -0.125. The Balaban J connectivity index is 1.36. The SMILES string of the molecule is O=C(NCc1nnc2n1CCN(C(=O)/C=C/c1ccccn1)CC2)c1cccc(F)c1. The number of fused-ring (bicyclic) bond motifs is 1. The third-order valence-corrected chi connectivity index (χ3v) is 4.99. The number of hydrogen-bond donors (Lipinski definition) is 1. The Morgan fingerprint density at radius 2 is 2.00 bits per heavy atom. The smallest absolute Gasteiger partial charge is 0.251 e. The lowest BCUT2D eigenvalue weighted by Gasteiger charge is -2.18. The van der Waals surface area contributed by atoms with Crippen LogP contribution in [0.25, 0.3) is 6.08 Å². The number of rotatable bonds is 5. The maximum absolute atomic E-state index is 13.3. The van der Waals surface area contributed by atoms with Gasteiger partial charge in [-0.05, 0) is 36.4 Å². The molecule has 0 radical (unpaired) electrons. The van der Waals surface area contributed by atoms with Gasteiger partial charge in [0.25, 0.3) is 5.91 Å². The summed E-state index contributed by atoms with van der Waals surface area (Å²) in [6.45, 7) is 1.72. The second-order valence-electron chi connectivity index (χ2n) is 7.04. The van der Waals surface area contributed by atoms with Crippen LogP contribution in [0.5, 0.6) is 0 Å². The fourth-order valence-electron chi connectivity index (χ4n) is 3.36. The quantitative estimate of drug-likeness (QED) is 0.636. The van der Waals surface area contributed by atoms with Crippen LogP contribution in [0.2, 0.25) is 0 Å². The number of nitrogens with zero attached hydrogens (tertiary/aromatic N) is 5. The maximum atomic E-state index is 13.3. The van der Waals surface area contributed by atoms with Gasteiger partial charge in [-0.25, -0.2) is 4.39 Å². The van der Waals surface area contributed by atoms with Crippen LogP contribution in [0, 0.1) is 5.82 Å². The number of hydrogen-bond acceptors (Lipinski definition) is 5. The maximum Gasteiger partial charge on any atom is 0.251 e. The van der Waals surface area contributed by atoms with Crippen molar-refractivity contribution in [1.29, 1.82) is 0 Å². The highest BCUT2D eigenvalue weighted by molar-refractivity contribution is 5.94. The third kappa shape index (κ3) is 5.00. The summed E-state index contributed by atoms with van der Waals surface area (Å²) in [5.41, 5.74) is 0.964. The van der Waals surface area contributed by atoms with Crippen molar-refractivity contribution in [3.8, 4) is 0 Å². The van der Waals surface area contributed by atoms with Gasteiger partial charge in [0.05, 0.1) is 12.2 Å². The molecule has 0 fully saturated rings. The summed E-state index contributed by atoms with van der Waals surface area (Å²) in [7, 11) is 0. The van der Waals surface area contributed by atoms with Crippen molar-refractivity contribution in [3.05, 3.63) is 83.5 Å². The topological polar surface area (TPSA) is 93.0 Å². The molecule has 2 aromatic heterocycles.